The van der Waals surface area contributed by atoms with Crippen molar-refractivity contribution in [2.45, 2.75) is 19.3 Å². The standard InChI is InChI=1S/C13H14O/c1-2-5-13(14)12-8-10-6-3-4-7-11(10)9-12/h2-4,6-7,12H,1,5,8-9H2. The van der Waals surface area contributed by atoms with Crippen LogP contribution in [0.25, 0.3) is 0 Å². The summed E-state index contributed by atoms with van der Waals surface area (Å²) < 4.78 is 0. The van der Waals surface area contributed by atoms with Crippen LogP contribution in [0.4, 0.5) is 0 Å². The SMILES string of the molecule is C=CCC(=O)C1Cc2ccccc2C1. The maximum atomic E-state index is 11.6. The van der Waals surface area contributed by atoms with E-state index >= 15 is 0 Å². The van der Waals surface area contributed by atoms with E-state index in [1.807, 2.05) is 12.1 Å². The second kappa shape index (κ2) is 3.79. The van der Waals surface area contributed by atoms with Gasteiger partial charge in [-0.2, -0.15) is 0 Å². The van der Waals surface area contributed by atoms with Gasteiger partial charge in [0.15, 0.2) is 0 Å². The van der Waals surface area contributed by atoms with Crippen molar-refractivity contribution in [3.63, 3.8) is 0 Å². The van der Waals surface area contributed by atoms with Crippen molar-refractivity contribution in [3.8, 4) is 0 Å². The molecular formula is C13H14O. The van der Waals surface area contributed by atoms with Gasteiger partial charge in [0.25, 0.3) is 0 Å². The molecule has 0 aromatic heterocycles. The van der Waals surface area contributed by atoms with Crippen LogP contribution in [0.1, 0.15) is 17.5 Å². The molecule has 0 saturated heterocycles. The van der Waals surface area contributed by atoms with Crippen LogP contribution in [0.2, 0.25) is 0 Å². The summed E-state index contributed by atoms with van der Waals surface area (Å²) in [5.74, 6) is 0.529. The van der Waals surface area contributed by atoms with Gasteiger partial charge in [-0.3, -0.25) is 4.79 Å². The number of ketones is 1. The number of allylic oxidation sites excluding steroid dienone is 1. The average Bonchev–Trinajstić information content (AvgIpc) is 2.61. The lowest BCUT2D eigenvalue weighted by molar-refractivity contribution is -0.121. The largest absolute Gasteiger partial charge is 0.299 e. The van der Waals surface area contributed by atoms with E-state index in [9.17, 15) is 4.79 Å². The molecule has 0 aliphatic heterocycles. The van der Waals surface area contributed by atoms with Gasteiger partial charge < -0.3 is 0 Å². The van der Waals surface area contributed by atoms with E-state index in [2.05, 4.69) is 18.7 Å². The zero-order chi connectivity index (χ0) is 9.97. The molecule has 1 aromatic carbocycles. The molecule has 1 aliphatic carbocycles. The average molecular weight is 186 g/mol. The lowest BCUT2D eigenvalue weighted by Crippen LogP contribution is -2.13. The lowest BCUT2D eigenvalue weighted by atomic mass is 9.99. The molecule has 0 spiro atoms. The van der Waals surface area contributed by atoms with Crippen LogP contribution in [0.3, 0.4) is 0 Å². The molecule has 1 aliphatic rings. The Hall–Kier alpha value is -1.37. The summed E-state index contributed by atoms with van der Waals surface area (Å²) in [6.45, 7) is 3.60. The van der Waals surface area contributed by atoms with Gasteiger partial charge in [-0.1, -0.05) is 30.3 Å². The number of carbonyl (C=O) groups is 1. The van der Waals surface area contributed by atoms with E-state index in [0.29, 0.717) is 12.2 Å². The second-order valence-corrected chi connectivity index (χ2v) is 3.83. The number of rotatable bonds is 3. The van der Waals surface area contributed by atoms with Crippen LogP contribution in [-0.2, 0) is 17.6 Å². The molecule has 2 rings (SSSR count). The van der Waals surface area contributed by atoms with Crippen molar-refractivity contribution >= 4 is 5.78 Å². The van der Waals surface area contributed by atoms with E-state index in [1.165, 1.54) is 11.1 Å². The summed E-state index contributed by atoms with van der Waals surface area (Å²) >= 11 is 0. The molecule has 1 nitrogen and oxygen atoms in total. The van der Waals surface area contributed by atoms with Crippen molar-refractivity contribution in [1.29, 1.82) is 0 Å². The van der Waals surface area contributed by atoms with Gasteiger partial charge in [-0.25, -0.2) is 0 Å². The third-order valence-electron chi connectivity index (χ3n) is 2.85. The van der Waals surface area contributed by atoms with E-state index in [-0.39, 0.29) is 5.92 Å². The Labute approximate surface area is 84.5 Å². The normalized spacial score (nSPS) is 15.1. The first-order valence-electron chi connectivity index (χ1n) is 5.01. The molecule has 0 heterocycles. The maximum absolute atomic E-state index is 11.6. The number of hydrogen-bond donors (Lipinski definition) is 0. The molecule has 1 aromatic rings. The Morgan fingerprint density at radius 2 is 1.93 bits per heavy atom. The lowest BCUT2D eigenvalue weighted by Gasteiger charge is -2.04. The van der Waals surface area contributed by atoms with Crippen LogP contribution in [0.5, 0.6) is 0 Å². The molecule has 0 radical (unpaired) electrons. The Balaban J connectivity index is 2.11. The molecule has 72 valence electrons. The van der Waals surface area contributed by atoms with Crippen molar-refractivity contribution in [3.05, 3.63) is 48.0 Å². The first-order chi connectivity index (χ1) is 6.81. The number of benzene rings is 1. The molecule has 0 N–H and O–H groups in total. The molecule has 0 atom stereocenters. The molecule has 0 unspecified atom stereocenters. The molecular weight excluding hydrogens is 172 g/mol. The smallest absolute Gasteiger partial charge is 0.140 e. The van der Waals surface area contributed by atoms with Gasteiger partial charge in [0, 0.05) is 12.3 Å². The van der Waals surface area contributed by atoms with Crippen LogP contribution in [0, 0.1) is 5.92 Å². The predicted octanol–water partition coefficient (Wildman–Crippen LogP) is 2.55. The van der Waals surface area contributed by atoms with Crippen molar-refractivity contribution in [2.24, 2.45) is 5.92 Å². The molecule has 0 bridgehead atoms. The first-order valence-corrected chi connectivity index (χ1v) is 5.01. The molecule has 0 amide bonds. The monoisotopic (exact) mass is 186 g/mol. The quantitative estimate of drug-likeness (QED) is 0.663. The summed E-state index contributed by atoms with van der Waals surface area (Å²) in [7, 11) is 0. The zero-order valence-corrected chi connectivity index (χ0v) is 8.20. The molecule has 14 heavy (non-hydrogen) atoms. The number of fused-ring (bicyclic) bond motifs is 1. The Bertz CT molecular complexity index is 340. The van der Waals surface area contributed by atoms with Gasteiger partial charge in [0.1, 0.15) is 5.78 Å². The third-order valence-corrected chi connectivity index (χ3v) is 2.85. The first kappa shape index (κ1) is 9.20. The Morgan fingerprint density at radius 1 is 1.36 bits per heavy atom. The predicted molar refractivity (Wildman–Crippen MR) is 57.2 cm³/mol. The highest BCUT2D eigenvalue weighted by Crippen LogP contribution is 2.27. The topological polar surface area (TPSA) is 17.1 Å². The number of Topliss-reactive ketones (excluding diaryl/α,β-unsaturated/α-hetero) is 1. The van der Waals surface area contributed by atoms with Crippen molar-refractivity contribution in [1.82, 2.24) is 0 Å². The van der Waals surface area contributed by atoms with Crippen molar-refractivity contribution in [2.75, 3.05) is 0 Å². The minimum absolute atomic E-state index is 0.199. The van der Waals surface area contributed by atoms with Gasteiger partial charge in [0.05, 0.1) is 0 Å². The highest BCUT2D eigenvalue weighted by atomic mass is 16.1. The fraction of sp³-hybridized carbons (Fsp3) is 0.308. The summed E-state index contributed by atoms with van der Waals surface area (Å²) in [6.07, 6.45) is 4.05. The molecule has 0 fully saturated rings. The summed E-state index contributed by atoms with van der Waals surface area (Å²) in [5, 5.41) is 0. The van der Waals surface area contributed by atoms with Gasteiger partial charge in [0.2, 0.25) is 0 Å². The second-order valence-electron chi connectivity index (χ2n) is 3.83. The summed E-state index contributed by atoms with van der Waals surface area (Å²) in [4.78, 5) is 11.6. The molecule has 0 saturated carbocycles. The minimum atomic E-state index is 0.199. The van der Waals surface area contributed by atoms with Crippen LogP contribution in [-0.4, -0.2) is 5.78 Å². The minimum Gasteiger partial charge on any atom is -0.299 e. The van der Waals surface area contributed by atoms with Crippen molar-refractivity contribution < 1.29 is 4.79 Å². The Kier molecular flexibility index (Phi) is 2.49. The van der Waals surface area contributed by atoms with Gasteiger partial charge >= 0.3 is 0 Å². The third kappa shape index (κ3) is 1.63. The summed E-state index contributed by atoms with van der Waals surface area (Å²) in [6, 6.07) is 8.32. The van der Waals surface area contributed by atoms with Gasteiger partial charge in [-0.15, -0.1) is 6.58 Å². The fourth-order valence-corrected chi connectivity index (χ4v) is 2.10. The van der Waals surface area contributed by atoms with E-state index in [4.69, 9.17) is 0 Å². The molecule has 1 heteroatoms. The summed E-state index contributed by atoms with van der Waals surface area (Å²) in [5.41, 5.74) is 2.69. The van der Waals surface area contributed by atoms with Crippen LogP contribution < -0.4 is 0 Å². The highest BCUT2D eigenvalue weighted by molar-refractivity contribution is 5.83. The number of hydrogen-bond acceptors (Lipinski definition) is 1. The zero-order valence-electron chi connectivity index (χ0n) is 8.20. The number of carbonyl (C=O) groups excluding carboxylic acids is 1. The van der Waals surface area contributed by atoms with E-state index in [0.717, 1.165) is 12.8 Å². The highest BCUT2D eigenvalue weighted by Gasteiger charge is 2.25. The van der Waals surface area contributed by atoms with E-state index < -0.39 is 0 Å². The van der Waals surface area contributed by atoms with Gasteiger partial charge in [-0.05, 0) is 24.0 Å². The van der Waals surface area contributed by atoms with Crippen LogP contribution >= 0.6 is 0 Å². The Morgan fingerprint density at radius 3 is 2.43 bits per heavy atom. The van der Waals surface area contributed by atoms with Crippen LogP contribution in [0.15, 0.2) is 36.9 Å². The maximum Gasteiger partial charge on any atom is 0.140 e. The fourth-order valence-electron chi connectivity index (χ4n) is 2.10. The van der Waals surface area contributed by atoms with E-state index in [1.54, 1.807) is 6.08 Å².